The molecule has 1 aromatic heterocycles. The maximum Gasteiger partial charge on any atom is 0.316 e. The number of hydrogen-bond donors (Lipinski definition) is 1. The normalized spacial score (nSPS) is 10.2. The lowest BCUT2D eigenvalue weighted by molar-refractivity contribution is -0.139. The summed E-state index contributed by atoms with van der Waals surface area (Å²) in [7, 11) is 3.84. The number of aromatic amines is 1. The number of H-pyrrole nitrogens is 1. The van der Waals surface area contributed by atoms with Crippen LogP contribution in [0.4, 0.5) is 5.69 Å². The van der Waals surface area contributed by atoms with Gasteiger partial charge in [0.25, 0.3) is 5.56 Å². The minimum atomic E-state index is -0.532. The molecule has 0 saturated carbocycles. The Morgan fingerprint density at radius 2 is 2.04 bits per heavy atom. The molecule has 1 aromatic carbocycles. The van der Waals surface area contributed by atoms with Crippen molar-refractivity contribution in [2.45, 2.75) is 12.1 Å². The number of aromatic nitrogens is 2. The van der Waals surface area contributed by atoms with Crippen molar-refractivity contribution in [3.05, 3.63) is 40.2 Å². The number of benzene rings is 1. The summed E-state index contributed by atoms with van der Waals surface area (Å²) in [5, 5.41) is 9.55. The molecule has 0 unspecified atom stereocenters. The number of esters is 1. The number of ether oxygens (including phenoxy) is 1. The molecule has 0 saturated heterocycles. The second kappa shape index (κ2) is 8.35. The van der Waals surface area contributed by atoms with Crippen LogP contribution in [0, 0.1) is 11.3 Å². The lowest BCUT2D eigenvalue weighted by atomic mass is 10.1. The Morgan fingerprint density at radius 3 is 2.60 bits per heavy atom. The minimum Gasteiger partial charge on any atom is -0.465 e. The molecule has 25 heavy (non-hydrogen) atoms. The Bertz CT molecular complexity index is 854. The summed E-state index contributed by atoms with van der Waals surface area (Å²) >= 11 is 1.06. The zero-order chi connectivity index (χ0) is 18.4. The number of hydrogen-bond acceptors (Lipinski definition) is 7. The van der Waals surface area contributed by atoms with Crippen LogP contribution in [-0.4, -0.2) is 42.4 Å². The van der Waals surface area contributed by atoms with Crippen LogP contribution in [-0.2, 0) is 9.53 Å². The smallest absolute Gasteiger partial charge is 0.316 e. The van der Waals surface area contributed by atoms with E-state index in [0.29, 0.717) is 17.9 Å². The fraction of sp³-hybridized carbons (Fsp3) is 0.294. The lowest BCUT2D eigenvalue weighted by Crippen LogP contribution is -2.16. The van der Waals surface area contributed by atoms with E-state index < -0.39 is 11.5 Å². The number of carbonyl (C=O) groups is 1. The number of anilines is 1. The maximum absolute atomic E-state index is 12.2. The van der Waals surface area contributed by atoms with Gasteiger partial charge in [0.15, 0.2) is 5.16 Å². The molecule has 1 heterocycles. The monoisotopic (exact) mass is 358 g/mol. The van der Waals surface area contributed by atoms with Crippen LogP contribution in [0.1, 0.15) is 12.5 Å². The van der Waals surface area contributed by atoms with E-state index in [4.69, 9.17) is 4.74 Å². The maximum atomic E-state index is 12.2. The molecule has 2 rings (SSSR count). The van der Waals surface area contributed by atoms with Crippen molar-refractivity contribution < 1.29 is 9.53 Å². The Hall–Kier alpha value is -2.79. The van der Waals surface area contributed by atoms with Crippen LogP contribution in [0.2, 0.25) is 0 Å². The highest BCUT2D eigenvalue weighted by Crippen LogP contribution is 2.24. The highest BCUT2D eigenvalue weighted by molar-refractivity contribution is 7.99. The van der Waals surface area contributed by atoms with Gasteiger partial charge >= 0.3 is 5.97 Å². The second-order valence-electron chi connectivity index (χ2n) is 5.24. The van der Waals surface area contributed by atoms with Crippen LogP contribution < -0.4 is 10.5 Å². The van der Waals surface area contributed by atoms with E-state index >= 15 is 0 Å². The van der Waals surface area contributed by atoms with Gasteiger partial charge in [-0.25, -0.2) is 4.98 Å². The van der Waals surface area contributed by atoms with Crippen molar-refractivity contribution in [1.82, 2.24) is 9.97 Å². The van der Waals surface area contributed by atoms with Gasteiger partial charge in [0.1, 0.15) is 11.6 Å². The topological polar surface area (TPSA) is 99.1 Å². The molecule has 8 heteroatoms. The fourth-order valence-corrected chi connectivity index (χ4v) is 2.74. The number of thioether (sulfide) groups is 1. The highest BCUT2D eigenvalue weighted by atomic mass is 32.2. The summed E-state index contributed by atoms with van der Waals surface area (Å²) in [6, 6.07) is 9.26. The summed E-state index contributed by atoms with van der Waals surface area (Å²) in [5.41, 5.74) is 1.35. The third-order valence-electron chi connectivity index (χ3n) is 3.30. The van der Waals surface area contributed by atoms with Crippen molar-refractivity contribution >= 4 is 23.4 Å². The van der Waals surface area contributed by atoms with Gasteiger partial charge in [-0.3, -0.25) is 9.59 Å². The Morgan fingerprint density at radius 1 is 1.36 bits per heavy atom. The molecular weight excluding hydrogens is 340 g/mol. The summed E-state index contributed by atoms with van der Waals surface area (Å²) in [6.45, 7) is 2.01. The van der Waals surface area contributed by atoms with E-state index in [2.05, 4.69) is 9.97 Å². The summed E-state index contributed by atoms with van der Waals surface area (Å²) in [5.74, 6) is -0.363. The van der Waals surface area contributed by atoms with Crippen molar-refractivity contribution in [2.24, 2.45) is 0 Å². The van der Waals surface area contributed by atoms with Crippen LogP contribution in [0.5, 0.6) is 0 Å². The minimum absolute atomic E-state index is 0.0295. The molecule has 0 amide bonds. The molecule has 1 N–H and O–H groups in total. The summed E-state index contributed by atoms with van der Waals surface area (Å²) in [6.07, 6.45) is 0. The molecule has 0 aliphatic rings. The fourth-order valence-electron chi connectivity index (χ4n) is 2.08. The average Bonchev–Trinajstić information content (AvgIpc) is 2.60. The average molecular weight is 358 g/mol. The first-order valence-corrected chi connectivity index (χ1v) is 8.55. The van der Waals surface area contributed by atoms with E-state index in [0.717, 1.165) is 17.4 Å². The van der Waals surface area contributed by atoms with Gasteiger partial charge in [0, 0.05) is 25.3 Å². The molecule has 7 nitrogen and oxygen atoms in total. The van der Waals surface area contributed by atoms with Gasteiger partial charge in [-0.1, -0.05) is 23.9 Å². The molecule has 0 radical (unpaired) electrons. The molecule has 2 aromatic rings. The first-order valence-electron chi connectivity index (χ1n) is 7.56. The predicted molar refractivity (Wildman–Crippen MR) is 96.7 cm³/mol. The molecule has 0 aliphatic heterocycles. The van der Waals surface area contributed by atoms with Gasteiger partial charge in [0.05, 0.1) is 18.1 Å². The van der Waals surface area contributed by atoms with Crippen LogP contribution >= 0.6 is 11.8 Å². The molecule has 0 atom stereocenters. The van der Waals surface area contributed by atoms with Gasteiger partial charge < -0.3 is 14.6 Å². The van der Waals surface area contributed by atoms with Gasteiger partial charge in [-0.05, 0) is 19.1 Å². The van der Waals surface area contributed by atoms with Crippen molar-refractivity contribution in [3.63, 3.8) is 0 Å². The highest BCUT2D eigenvalue weighted by Gasteiger charge is 2.15. The largest absolute Gasteiger partial charge is 0.465 e. The van der Waals surface area contributed by atoms with Crippen molar-refractivity contribution in [2.75, 3.05) is 31.4 Å². The van der Waals surface area contributed by atoms with E-state index in [1.165, 1.54) is 0 Å². The third-order valence-corrected chi connectivity index (χ3v) is 4.15. The van der Waals surface area contributed by atoms with E-state index in [-0.39, 0.29) is 16.5 Å². The Labute approximate surface area is 149 Å². The molecule has 130 valence electrons. The molecular formula is C17H18N4O3S. The van der Waals surface area contributed by atoms with E-state index in [1.54, 1.807) is 19.1 Å². The summed E-state index contributed by atoms with van der Waals surface area (Å²) < 4.78 is 4.85. The van der Waals surface area contributed by atoms with Gasteiger partial charge in [0.2, 0.25) is 0 Å². The molecule has 0 spiro atoms. The number of rotatable bonds is 6. The predicted octanol–water partition coefficient (Wildman–Crippen LogP) is 2.03. The number of nitrogens with one attached hydrogen (secondary N) is 1. The van der Waals surface area contributed by atoms with E-state index in [9.17, 15) is 14.9 Å². The van der Waals surface area contributed by atoms with E-state index in [1.807, 2.05) is 37.2 Å². The van der Waals surface area contributed by atoms with Crippen LogP contribution in [0.25, 0.3) is 11.3 Å². The zero-order valence-corrected chi connectivity index (χ0v) is 15.0. The second-order valence-corrected chi connectivity index (χ2v) is 6.21. The SMILES string of the molecule is CCOC(=O)CSc1nc(-c2ccc(N(C)C)cc2)c(C#N)c(=O)[nH]1. The van der Waals surface area contributed by atoms with Crippen molar-refractivity contribution in [1.29, 1.82) is 5.26 Å². The first kappa shape index (κ1) is 18.5. The number of carbonyl (C=O) groups excluding carboxylic acids is 1. The Kier molecular flexibility index (Phi) is 6.19. The first-order chi connectivity index (χ1) is 12.0. The molecule has 0 aliphatic carbocycles. The molecule has 0 fully saturated rings. The molecule has 0 bridgehead atoms. The van der Waals surface area contributed by atoms with Crippen LogP contribution in [0.15, 0.2) is 34.2 Å². The van der Waals surface area contributed by atoms with Crippen LogP contribution in [0.3, 0.4) is 0 Å². The lowest BCUT2D eigenvalue weighted by Gasteiger charge is -2.13. The zero-order valence-electron chi connectivity index (χ0n) is 14.2. The number of nitrogens with zero attached hydrogens (tertiary/aromatic N) is 3. The van der Waals surface area contributed by atoms with Gasteiger partial charge in [-0.2, -0.15) is 5.26 Å². The summed E-state index contributed by atoms with van der Waals surface area (Å²) in [4.78, 5) is 32.4. The third kappa shape index (κ3) is 4.61. The quantitative estimate of drug-likeness (QED) is 0.479. The van der Waals surface area contributed by atoms with Crippen molar-refractivity contribution in [3.8, 4) is 17.3 Å². The Balaban J connectivity index is 2.37. The van der Waals surface area contributed by atoms with Gasteiger partial charge in [-0.15, -0.1) is 0 Å². The number of nitriles is 1. The standard InChI is InChI=1S/C17H18N4O3S/c1-4-24-14(22)10-25-17-19-15(13(9-18)16(23)20-17)11-5-7-12(8-6-11)21(2)3/h5-8H,4,10H2,1-3H3,(H,19,20,23).